The van der Waals surface area contributed by atoms with Gasteiger partial charge in [-0.2, -0.15) is 0 Å². The van der Waals surface area contributed by atoms with Crippen molar-refractivity contribution in [3.63, 3.8) is 0 Å². The van der Waals surface area contributed by atoms with E-state index in [-0.39, 0.29) is 72.1 Å². The van der Waals surface area contributed by atoms with E-state index in [9.17, 15) is 19.2 Å². The summed E-state index contributed by atoms with van der Waals surface area (Å²) in [5.41, 5.74) is 0. The summed E-state index contributed by atoms with van der Waals surface area (Å²) in [5, 5.41) is 0. The van der Waals surface area contributed by atoms with Crippen molar-refractivity contribution in [2.75, 3.05) is 37.9 Å². The van der Waals surface area contributed by atoms with E-state index in [1.54, 1.807) is 0 Å². The van der Waals surface area contributed by atoms with Gasteiger partial charge in [0, 0.05) is 36.7 Å². The number of ether oxygens (including phenoxy) is 4. The minimum Gasteiger partial charge on any atom is -0.466 e. The van der Waals surface area contributed by atoms with Crippen molar-refractivity contribution < 1.29 is 38.1 Å². The van der Waals surface area contributed by atoms with Gasteiger partial charge in [-0.3, -0.25) is 19.2 Å². The molecule has 45 heavy (non-hydrogen) atoms. The summed E-state index contributed by atoms with van der Waals surface area (Å²) < 4.78 is 19.2. The van der Waals surface area contributed by atoms with E-state index in [1.807, 2.05) is 0 Å². The maximum absolute atomic E-state index is 10.6. The van der Waals surface area contributed by atoms with Crippen LogP contribution in [0.5, 0.6) is 0 Å². The third-order valence-corrected chi connectivity index (χ3v) is 6.01. The fourth-order valence-electron chi connectivity index (χ4n) is 2.92. The Labute approximate surface area is 304 Å². The third-order valence-electron chi connectivity index (χ3n) is 5.54. The first-order valence-corrected chi connectivity index (χ1v) is 17.5. The molecule has 11 heteroatoms. The Hall–Kier alpha value is -0.621. The summed E-state index contributed by atoms with van der Waals surface area (Å²) in [6.45, 7) is 21.9. The van der Waals surface area contributed by atoms with Crippen molar-refractivity contribution in [3.05, 3.63) is 13.8 Å². The zero-order valence-electron chi connectivity index (χ0n) is 29.3. The van der Waals surface area contributed by atoms with Gasteiger partial charge >= 0.3 is 23.9 Å². The zero-order chi connectivity index (χ0) is 34.4. The van der Waals surface area contributed by atoms with E-state index in [4.69, 9.17) is 18.9 Å². The number of esters is 4. The molecule has 0 aromatic heterocycles. The molecule has 0 aliphatic heterocycles. The first-order valence-electron chi connectivity index (χ1n) is 16.3. The van der Waals surface area contributed by atoms with Crippen LogP contribution in [0, 0.1) is 25.7 Å². The number of hydrogen-bond donors (Lipinski definition) is 0. The van der Waals surface area contributed by atoms with Gasteiger partial charge in [-0.25, -0.2) is 0 Å². The number of unbranched alkanes of at least 4 members (excludes halogenated alkanes) is 6. The van der Waals surface area contributed by atoms with Gasteiger partial charge in [-0.05, 0) is 51.4 Å². The Morgan fingerprint density at radius 2 is 0.800 bits per heavy atom. The molecule has 0 fully saturated rings. The normalized spacial score (nSPS) is 9.69. The van der Waals surface area contributed by atoms with E-state index in [1.165, 1.54) is 25.7 Å². The summed E-state index contributed by atoms with van der Waals surface area (Å²) in [6.07, 6.45) is 13.7. The van der Waals surface area contributed by atoms with Crippen molar-refractivity contribution in [2.24, 2.45) is 11.8 Å². The molecule has 0 saturated carbocycles. The predicted octanol–water partition coefficient (Wildman–Crippen LogP) is 8.61. The van der Waals surface area contributed by atoms with Crippen molar-refractivity contribution in [1.82, 2.24) is 0 Å². The smallest absolute Gasteiger partial charge is 0.316 e. The van der Waals surface area contributed by atoms with E-state index in [2.05, 4.69) is 80.6 Å². The fourth-order valence-corrected chi connectivity index (χ4v) is 3.09. The quantitative estimate of drug-likeness (QED) is 0.0466. The van der Waals surface area contributed by atoms with Crippen LogP contribution in [0.25, 0.3) is 0 Å². The second-order valence-electron chi connectivity index (χ2n) is 10.9. The molecule has 0 unspecified atom stereocenters. The molecule has 0 rings (SSSR count). The molecule has 0 aromatic rings. The molecule has 0 saturated heterocycles. The molecule has 0 atom stereocenters. The van der Waals surface area contributed by atoms with Crippen molar-refractivity contribution >= 4 is 73.0 Å². The molecular formula is C34H64O8S2Sn. The molecule has 8 nitrogen and oxygen atoms in total. The van der Waals surface area contributed by atoms with Crippen molar-refractivity contribution in [1.29, 1.82) is 0 Å². The van der Waals surface area contributed by atoms with Crippen LogP contribution in [-0.4, -0.2) is 85.7 Å². The molecular weight excluding hydrogens is 719 g/mol. The second kappa shape index (κ2) is 45.5. The van der Waals surface area contributed by atoms with E-state index in [0.29, 0.717) is 26.4 Å². The monoisotopic (exact) mass is 784 g/mol. The largest absolute Gasteiger partial charge is 0.466 e. The van der Waals surface area contributed by atoms with Gasteiger partial charge in [-0.1, -0.05) is 118 Å². The zero-order valence-corrected chi connectivity index (χ0v) is 33.8. The Bertz CT molecular complexity index is 596. The standard InChI is InChI=1S/2C10H19O2S.2C7H13O2.Sn/c2*1-9(2)6-4-3-5-7-12-10(11)8-13;2*1-3-5-6-9-7(8)4-2;/h2*9H,3-8H2,1-2H3;2*2-6H2,1H3;. The van der Waals surface area contributed by atoms with Crippen LogP contribution in [-0.2, 0) is 38.1 Å². The molecule has 0 heterocycles. The van der Waals surface area contributed by atoms with Gasteiger partial charge in [0.05, 0.1) is 26.4 Å². The van der Waals surface area contributed by atoms with E-state index >= 15 is 0 Å². The van der Waals surface area contributed by atoms with Crippen LogP contribution in [0.3, 0.4) is 0 Å². The van der Waals surface area contributed by atoms with Gasteiger partial charge in [-0.15, -0.1) is 0 Å². The van der Waals surface area contributed by atoms with E-state index in [0.717, 1.165) is 63.2 Å². The second-order valence-corrected chi connectivity index (χ2v) is 11.4. The average Bonchev–Trinajstić information content (AvgIpc) is 3.00. The minimum atomic E-state index is -0.265. The summed E-state index contributed by atoms with van der Waals surface area (Å²) >= 11 is 9.07. The number of hydrogen-bond acceptors (Lipinski definition) is 8. The fraction of sp³-hybridized carbons (Fsp3) is 0.824. The predicted molar refractivity (Wildman–Crippen MR) is 191 cm³/mol. The molecule has 0 spiro atoms. The topological polar surface area (TPSA) is 105 Å². The van der Waals surface area contributed by atoms with Gasteiger partial charge in [0.1, 0.15) is 11.5 Å². The van der Waals surface area contributed by atoms with Gasteiger partial charge in [0.15, 0.2) is 0 Å². The van der Waals surface area contributed by atoms with Crippen LogP contribution in [0.2, 0.25) is 0 Å². The molecule has 0 bridgehead atoms. The molecule has 8 radical (unpaired) electrons. The first-order chi connectivity index (χ1) is 20.9. The summed E-state index contributed by atoms with van der Waals surface area (Å²) in [6, 6.07) is 0. The summed E-state index contributed by atoms with van der Waals surface area (Å²) in [5.74, 6) is 0.757. The van der Waals surface area contributed by atoms with Crippen LogP contribution in [0.4, 0.5) is 0 Å². The third kappa shape index (κ3) is 59.3. The Kier molecular flexibility index (Phi) is 54.5. The number of rotatable bonds is 22. The van der Waals surface area contributed by atoms with Crippen LogP contribution in [0.15, 0.2) is 0 Å². The van der Waals surface area contributed by atoms with Crippen LogP contribution < -0.4 is 0 Å². The molecule has 0 N–H and O–H groups in total. The van der Waals surface area contributed by atoms with Gasteiger partial charge < -0.3 is 18.9 Å². The molecule has 0 amide bonds. The molecule has 0 aromatic carbocycles. The average molecular weight is 784 g/mol. The maximum Gasteiger partial charge on any atom is 0.316 e. The minimum absolute atomic E-state index is 0. The Balaban J connectivity index is -0.000000159. The number of carbonyl (C=O) groups is 4. The summed E-state index contributed by atoms with van der Waals surface area (Å²) in [7, 11) is 0. The SMILES string of the molecule is CC(C)CCCCCOC(=O)C[S].CC(C)CCCCCOC(=O)C[S].[CH2]CC(=O)OCCCC.[CH2]CC(=O)OCCCC.[Sn]. The first kappa shape index (κ1) is 53.9. The maximum atomic E-state index is 10.6. The molecule has 0 aliphatic rings. The number of carbonyl (C=O) groups excluding carboxylic acids is 4. The Morgan fingerprint density at radius 3 is 1.04 bits per heavy atom. The summed E-state index contributed by atoms with van der Waals surface area (Å²) in [4.78, 5) is 42.1. The Morgan fingerprint density at radius 1 is 0.511 bits per heavy atom. The van der Waals surface area contributed by atoms with Crippen LogP contribution in [0.1, 0.15) is 131 Å². The van der Waals surface area contributed by atoms with E-state index < -0.39 is 0 Å². The van der Waals surface area contributed by atoms with Crippen molar-refractivity contribution in [2.45, 2.75) is 131 Å². The molecule has 0 aliphatic carbocycles. The van der Waals surface area contributed by atoms with Gasteiger partial charge in [0.2, 0.25) is 0 Å². The van der Waals surface area contributed by atoms with Crippen molar-refractivity contribution in [3.8, 4) is 0 Å². The molecule has 264 valence electrons. The van der Waals surface area contributed by atoms with Crippen LogP contribution >= 0.6 is 25.3 Å². The van der Waals surface area contributed by atoms with Gasteiger partial charge in [0.25, 0.3) is 0 Å².